The van der Waals surface area contributed by atoms with E-state index in [-0.39, 0.29) is 17.4 Å². The van der Waals surface area contributed by atoms with Gasteiger partial charge < -0.3 is 14.7 Å². The van der Waals surface area contributed by atoms with Gasteiger partial charge in [-0.1, -0.05) is 24.6 Å². The highest BCUT2D eigenvalue weighted by molar-refractivity contribution is 7.90. The summed E-state index contributed by atoms with van der Waals surface area (Å²) in [5, 5.41) is 11.2. The van der Waals surface area contributed by atoms with Crippen molar-refractivity contribution < 1.29 is 23.1 Å². The van der Waals surface area contributed by atoms with Gasteiger partial charge in [-0.25, -0.2) is 13.1 Å². The molecule has 40 heavy (non-hydrogen) atoms. The van der Waals surface area contributed by atoms with Crippen LogP contribution in [0.5, 0.6) is 5.75 Å². The molecule has 1 saturated carbocycles. The summed E-state index contributed by atoms with van der Waals surface area (Å²) >= 11 is 6.30. The summed E-state index contributed by atoms with van der Waals surface area (Å²) in [5.41, 5.74) is 3.34. The predicted octanol–water partition coefficient (Wildman–Crippen LogP) is 5.72. The van der Waals surface area contributed by atoms with Crippen LogP contribution in [0.4, 0.5) is 5.69 Å². The van der Waals surface area contributed by atoms with E-state index in [1.165, 1.54) is 5.56 Å². The molecule has 0 unspecified atom stereocenters. The molecule has 3 aliphatic rings. The number of carbonyl (C=O) groups is 1. The normalized spacial score (nSPS) is 29.4. The second kappa shape index (κ2) is 12.3. The number of hydrogen-bond acceptors (Lipinski definition) is 6. The van der Waals surface area contributed by atoms with Gasteiger partial charge in [0.25, 0.3) is 5.91 Å². The number of nitrogens with one attached hydrogen (secondary N) is 1. The number of ether oxygens (including phenoxy) is 1. The molecule has 5 atom stereocenters. The molecule has 1 fully saturated rings. The number of benzene rings is 2. The van der Waals surface area contributed by atoms with Crippen molar-refractivity contribution in [1.29, 1.82) is 0 Å². The predicted molar refractivity (Wildman–Crippen MR) is 158 cm³/mol. The lowest BCUT2D eigenvalue weighted by Gasteiger charge is -2.44. The maximum Gasteiger partial charge on any atom is 0.264 e. The molecule has 218 valence electrons. The fourth-order valence-corrected chi connectivity index (χ4v) is 7.58. The first-order valence-electron chi connectivity index (χ1n) is 14.6. The summed E-state index contributed by atoms with van der Waals surface area (Å²) in [5.74, 6) is 0.790. The minimum absolute atomic E-state index is 0.193. The van der Waals surface area contributed by atoms with Crippen LogP contribution in [0.1, 0.15) is 80.3 Å². The van der Waals surface area contributed by atoms with E-state index >= 15 is 0 Å². The Morgan fingerprint density at radius 1 is 1.02 bits per heavy atom. The van der Waals surface area contributed by atoms with Gasteiger partial charge in [-0.05, 0) is 118 Å². The van der Waals surface area contributed by atoms with Crippen molar-refractivity contribution in [2.24, 2.45) is 17.8 Å². The van der Waals surface area contributed by atoms with Gasteiger partial charge in [0.2, 0.25) is 10.0 Å². The van der Waals surface area contributed by atoms with Crippen molar-refractivity contribution >= 4 is 33.2 Å². The van der Waals surface area contributed by atoms with Gasteiger partial charge in [0.05, 0.1) is 17.0 Å². The summed E-state index contributed by atoms with van der Waals surface area (Å²) in [6.45, 7) is 5.60. The van der Waals surface area contributed by atoms with Gasteiger partial charge >= 0.3 is 0 Å². The minimum atomic E-state index is -3.85. The first-order chi connectivity index (χ1) is 19.1. The zero-order valence-electron chi connectivity index (χ0n) is 23.4. The summed E-state index contributed by atoms with van der Waals surface area (Å²) in [7, 11) is -3.85. The SMILES string of the molecule is C[C@@H]1CC[C@H](C)S(=O)(=O)NC(=O)c2ccc3c(c2)N(CCCCc2cc(Cl)ccc2CO3)C[C@@H]2CC[C@H]2[C@@H](O)C1. The van der Waals surface area contributed by atoms with E-state index in [4.69, 9.17) is 16.3 Å². The number of rotatable bonds is 0. The van der Waals surface area contributed by atoms with E-state index in [1.54, 1.807) is 25.1 Å². The monoisotopic (exact) mass is 588 g/mol. The number of aliphatic hydroxyl groups is 1. The molecule has 1 amide bonds. The molecule has 2 aromatic rings. The summed E-state index contributed by atoms with van der Waals surface area (Å²) in [6.07, 6.45) is 6.23. The number of aryl methyl sites for hydroxylation is 1. The van der Waals surface area contributed by atoms with E-state index in [1.807, 2.05) is 18.2 Å². The van der Waals surface area contributed by atoms with Crippen molar-refractivity contribution in [3.8, 4) is 5.75 Å². The lowest BCUT2D eigenvalue weighted by molar-refractivity contribution is 0.00157. The second-order valence-electron chi connectivity index (χ2n) is 12.1. The van der Waals surface area contributed by atoms with Crippen LogP contribution < -0.4 is 14.4 Å². The summed E-state index contributed by atoms with van der Waals surface area (Å²) in [6, 6.07) is 11.1. The lowest BCUT2D eigenvalue weighted by atomic mass is 9.68. The van der Waals surface area contributed by atoms with E-state index in [9.17, 15) is 18.3 Å². The Labute approximate surface area is 243 Å². The van der Waals surface area contributed by atoms with Crippen LogP contribution in [0.15, 0.2) is 36.4 Å². The maximum absolute atomic E-state index is 13.2. The van der Waals surface area contributed by atoms with Crippen LogP contribution >= 0.6 is 11.6 Å². The number of anilines is 1. The highest BCUT2D eigenvalue weighted by atomic mass is 35.5. The summed E-state index contributed by atoms with van der Waals surface area (Å²) < 4.78 is 34.7. The Hall–Kier alpha value is -2.29. The van der Waals surface area contributed by atoms with Crippen molar-refractivity contribution in [3.05, 3.63) is 58.1 Å². The number of nitrogens with zero attached hydrogens (tertiary/aromatic N) is 1. The molecular formula is C31H41ClN2O5S. The molecular weight excluding hydrogens is 548 g/mol. The van der Waals surface area contributed by atoms with Crippen LogP contribution in [0.3, 0.4) is 0 Å². The van der Waals surface area contributed by atoms with Gasteiger partial charge in [-0.2, -0.15) is 0 Å². The topological polar surface area (TPSA) is 95.9 Å². The maximum atomic E-state index is 13.2. The van der Waals surface area contributed by atoms with Crippen molar-refractivity contribution in [1.82, 2.24) is 4.72 Å². The molecule has 1 aliphatic carbocycles. The standard InChI is InChI=1S/C31H41ClN2O5S/c1-20-6-7-21(2)40(37,38)33-31(36)23-10-13-30-28(17-23)34(18-24-9-12-27(24)29(35)15-20)14-4-3-5-22-16-26(32)11-8-25(22)19-39-30/h8,10-11,13,16-17,20-21,24,27,29,35H,3-7,9,12,14-15,18-19H2,1-2H3,(H,33,36)/t20-,21+,24+,27-,29+/m1/s1. The van der Waals surface area contributed by atoms with Crippen LogP contribution in [0, 0.1) is 17.8 Å². The molecule has 7 nitrogen and oxygen atoms in total. The molecule has 2 bridgehead atoms. The second-order valence-corrected chi connectivity index (χ2v) is 14.6. The average molecular weight is 589 g/mol. The minimum Gasteiger partial charge on any atom is -0.487 e. The van der Waals surface area contributed by atoms with Gasteiger partial charge in [0.1, 0.15) is 12.4 Å². The number of halogens is 1. The van der Waals surface area contributed by atoms with Gasteiger partial charge in [-0.3, -0.25) is 4.79 Å². The number of carbonyl (C=O) groups excluding carboxylic acids is 1. The number of amides is 1. The van der Waals surface area contributed by atoms with E-state index in [0.29, 0.717) is 42.6 Å². The average Bonchev–Trinajstić information content (AvgIpc) is 2.92. The third-order valence-electron chi connectivity index (χ3n) is 9.14. The molecule has 2 aliphatic heterocycles. The first-order valence-corrected chi connectivity index (χ1v) is 16.6. The van der Waals surface area contributed by atoms with Crippen molar-refractivity contribution in [3.63, 3.8) is 0 Å². The molecule has 2 heterocycles. The highest BCUT2D eigenvalue weighted by Crippen LogP contribution is 2.42. The van der Waals surface area contributed by atoms with Gasteiger partial charge in [0, 0.05) is 23.7 Å². The molecule has 0 spiro atoms. The van der Waals surface area contributed by atoms with Crippen LogP contribution in [-0.4, -0.2) is 43.9 Å². The first kappa shape index (κ1) is 29.2. The molecule has 9 heteroatoms. The number of hydrogen-bond donors (Lipinski definition) is 2. The lowest BCUT2D eigenvalue weighted by Crippen LogP contribution is -2.44. The van der Waals surface area contributed by atoms with Crippen LogP contribution in [0.2, 0.25) is 5.02 Å². The van der Waals surface area contributed by atoms with E-state index < -0.39 is 27.3 Å². The largest absolute Gasteiger partial charge is 0.487 e. The number of fused-ring (bicyclic) bond motifs is 3. The zero-order chi connectivity index (χ0) is 28.4. The fraction of sp³-hybridized carbons (Fsp3) is 0.581. The Bertz CT molecular complexity index is 1330. The third-order valence-corrected chi connectivity index (χ3v) is 11.1. The summed E-state index contributed by atoms with van der Waals surface area (Å²) in [4.78, 5) is 15.5. The van der Waals surface area contributed by atoms with Crippen molar-refractivity contribution in [2.75, 3.05) is 18.0 Å². The molecule has 0 aromatic heterocycles. The highest BCUT2D eigenvalue weighted by Gasteiger charge is 2.38. The van der Waals surface area contributed by atoms with Crippen LogP contribution in [0.25, 0.3) is 0 Å². The van der Waals surface area contributed by atoms with Crippen LogP contribution in [-0.2, 0) is 23.1 Å². The molecule has 0 saturated heterocycles. The van der Waals surface area contributed by atoms with Gasteiger partial charge in [0.15, 0.2) is 0 Å². The molecule has 2 N–H and O–H groups in total. The zero-order valence-corrected chi connectivity index (χ0v) is 25.0. The molecule has 2 aromatic carbocycles. The number of aliphatic hydroxyl groups excluding tert-OH is 1. The fourth-order valence-electron chi connectivity index (χ4n) is 6.36. The van der Waals surface area contributed by atoms with E-state index in [0.717, 1.165) is 56.4 Å². The van der Waals surface area contributed by atoms with Gasteiger partial charge in [-0.15, -0.1) is 0 Å². The Balaban J connectivity index is 1.52. The Kier molecular flexibility index (Phi) is 8.98. The Morgan fingerprint density at radius 2 is 1.85 bits per heavy atom. The quantitative estimate of drug-likeness (QED) is 0.409. The molecule has 0 radical (unpaired) electrons. The van der Waals surface area contributed by atoms with Crippen molar-refractivity contribution in [2.45, 2.75) is 83.2 Å². The number of sulfonamides is 1. The molecule has 5 rings (SSSR count). The van der Waals surface area contributed by atoms with E-state index in [2.05, 4.69) is 16.5 Å². The smallest absolute Gasteiger partial charge is 0.264 e. The Morgan fingerprint density at radius 3 is 2.62 bits per heavy atom. The third kappa shape index (κ3) is 6.60.